The summed E-state index contributed by atoms with van der Waals surface area (Å²) in [6, 6.07) is 19.1. The molecule has 4 nitrogen and oxygen atoms in total. The average molecular weight is 531 g/mol. The molecular weight excluding hydrogens is 491 g/mol. The number of halogens is 1. The first-order valence-electron chi connectivity index (χ1n) is 14.4. The lowest BCUT2D eigenvalue weighted by molar-refractivity contribution is -0.137. The number of benzene rings is 3. The summed E-state index contributed by atoms with van der Waals surface area (Å²) in [4.78, 5) is 11.5. The van der Waals surface area contributed by atoms with Gasteiger partial charge in [-0.25, -0.2) is 4.39 Å². The normalized spacial score (nSPS) is 16.9. The Hall–Kier alpha value is -3.34. The minimum absolute atomic E-state index is 0.0115. The molecule has 0 saturated heterocycles. The third-order valence-corrected chi connectivity index (χ3v) is 8.35. The second-order valence-electron chi connectivity index (χ2n) is 11.3. The first-order valence-corrected chi connectivity index (χ1v) is 14.4. The van der Waals surface area contributed by atoms with Crippen molar-refractivity contribution >= 4 is 5.97 Å². The highest BCUT2D eigenvalue weighted by Gasteiger charge is 2.28. The molecule has 1 atom stereocenters. The van der Waals surface area contributed by atoms with E-state index in [-0.39, 0.29) is 18.2 Å². The number of carbonyl (C=O) groups is 1. The van der Waals surface area contributed by atoms with E-state index in [9.17, 15) is 9.90 Å². The predicted octanol–water partition coefficient (Wildman–Crippen LogP) is 8.88. The van der Waals surface area contributed by atoms with Gasteiger partial charge in [0, 0.05) is 5.56 Å². The Morgan fingerprint density at radius 3 is 2.44 bits per heavy atom. The maximum Gasteiger partial charge on any atom is 0.303 e. The number of hydrogen-bond acceptors (Lipinski definition) is 3. The first kappa shape index (κ1) is 27.2. The number of aliphatic carboxylic acids is 1. The third-order valence-electron chi connectivity index (χ3n) is 8.35. The number of rotatable bonds is 11. The van der Waals surface area contributed by atoms with Crippen molar-refractivity contribution < 1.29 is 23.8 Å². The molecule has 5 rings (SSSR count). The standard InChI is InChI=1S/C34H39FO4/c1-38-28-14-16-33(35)32(21-28)30-15-13-24(18-31(30)25-7-4-2-3-5-8-25)22-39-29-10-6-9-26(19-29)27(20-34(36)37)17-23-11-12-23/h6,9-10,13-16,18-19,21,23,25,27H,2-5,7-8,11-12,17,20,22H2,1H3,(H,36,37)/t27-/m0/s1. The largest absolute Gasteiger partial charge is 0.497 e. The zero-order chi connectivity index (χ0) is 27.2. The van der Waals surface area contributed by atoms with E-state index < -0.39 is 5.97 Å². The van der Waals surface area contributed by atoms with Crippen molar-refractivity contribution in [3.05, 3.63) is 83.2 Å². The molecule has 5 heteroatoms. The van der Waals surface area contributed by atoms with Gasteiger partial charge in [0.25, 0.3) is 0 Å². The highest BCUT2D eigenvalue weighted by molar-refractivity contribution is 5.71. The van der Waals surface area contributed by atoms with Crippen LogP contribution in [0, 0.1) is 11.7 Å². The van der Waals surface area contributed by atoms with Crippen LogP contribution in [0.4, 0.5) is 4.39 Å². The van der Waals surface area contributed by atoms with Crippen LogP contribution in [0.25, 0.3) is 11.1 Å². The minimum atomic E-state index is -0.759. The molecule has 0 spiro atoms. The molecule has 0 aliphatic heterocycles. The monoisotopic (exact) mass is 530 g/mol. The quantitative estimate of drug-likeness (QED) is 0.252. The minimum Gasteiger partial charge on any atom is -0.497 e. The molecule has 2 aliphatic rings. The van der Waals surface area contributed by atoms with E-state index in [0.717, 1.165) is 41.7 Å². The molecule has 39 heavy (non-hydrogen) atoms. The zero-order valence-electron chi connectivity index (χ0n) is 22.8. The van der Waals surface area contributed by atoms with E-state index in [2.05, 4.69) is 6.07 Å². The first-order chi connectivity index (χ1) is 19.0. The van der Waals surface area contributed by atoms with E-state index in [0.29, 0.717) is 29.8 Å². The number of methoxy groups -OCH3 is 1. The van der Waals surface area contributed by atoms with Gasteiger partial charge in [-0.05, 0) is 89.6 Å². The van der Waals surface area contributed by atoms with E-state index in [1.165, 1.54) is 50.2 Å². The highest BCUT2D eigenvalue weighted by Crippen LogP contribution is 2.41. The van der Waals surface area contributed by atoms with Crippen LogP contribution in [0.3, 0.4) is 0 Å². The number of ether oxygens (including phenoxy) is 2. The molecular formula is C34H39FO4. The molecule has 2 aliphatic carbocycles. The van der Waals surface area contributed by atoms with Gasteiger partial charge < -0.3 is 14.6 Å². The maximum absolute atomic E-state index is 15.0. The van der Waals surface area contributed by atoms with Gasteiger partial charge in [0.1, 0.15) is 23.9 Å². The Labute approximate surface area is 231 Å². The van der Waals surface area contributed by atoms with E-state index in [4.69, 9.17) is 9.47 Å². The lowest BCUT2D eigenvalue weighted by Gasteiger charge is -2.21. The summed E-state index contributed by atoms with van der Waals surface area (Å²) in [5.41, 5.74) is 4.77. The summed E-state index contributed by atoms with van der Waals surface area (Å²) in [6.07, 6.45) is 10.6. The predicted molar refractivity (Wildman–Crippen MR) is 152 cm³/mol. The van der Waals surface area contributed by atoms with Crippen LogP contribution >= 0.6 is 0 Å². The van der Waals surface area contributed by atoms with E-state index >= 15 is 4.39 Å². The van der Waals surface area contributed by atoms with Crippen molar-refractivity contribution in [3.63, 3.8) is 0 Å². The van der Waals surface area contributed by atoms with Crippen molar-refractivity contribution in [1.29, 1.82) is 0 Å². The van der Waals surface area contributed by atoms with Gasteiger partial charge in [-0.15, -0.1) is 0 Å². The SMILES string of the molecule is COc1ccc(F)c(-c2ccc(COc3cccc([C@H](CC(=O)O)CC4CC4)c3)cc2C2CCCCCC2)c1. The number of hydrogen-bond donors (Lipinski definition) is 1. The van der Waals surface area contributed by atoms with Crippen LogP contribution < -0.4 is 9.47 Å². The van der Waals surface area contributed by atoms with Crippen LogP contribution in [-0.2, 0) is 11.4 Å². The molecule has 0 heterocycles. The summed E-state index contributed by atoms with van der Waals surface area (Å²) < 4.78 is 26.7. The van der Waals surface area contributed by atoms with Crippen molar-refractivity contribution in [3.8, 4) is 22.6 Å². The Kier molecular flexibility index (Phi) is 8.85. The lowest BCUT2D eigenvalue weighted by atomic mass is 9.85. The summed E-state index contributed by atoms with van der Waals surface area (Å²) in [6.45, 7) is 0.399. The van der Waals surface area contributed by atoms with Crippen LogP contribution in [0.2, 0.25) is 0 Å². The van der Waals surface area contributed by atoms with Crippen LogP contribution in [0.1, 0.15) is 92.7 Å². The highest BCUT2D eigenvalue weighted by atomic mass is 19.1. The Morgan fingerprint density at radius 1 is 0.923 bits per heavy atom. The smallest absolute Gasteiger partial charge is 0.303 e. The fourth-order valence-corrected chi connectivity index (χ4v) is 6.04. The third kappa shape index (κ3) is 7.20. The Bertz CT molecular complexity index is 1270. The van der Waals surface area contributed by atoms with Crippen molar-refractivity contribution in [2.45, 2.75) is 82.7 Å². The van der Waals surface area contributed by atoms with E-state index in [1.807, 2.05) is 36.4 Å². The average Bonchev–Trinajstić information content (AvgIpc) is 3.79. The molecule has 1 N–H and O–H groups in total. The van der Waals surface area contributed by atoms with Gasteiger partial charge in [0.05, 0.1) is 13.5 Å². The topological polar surface area (TPSA) is 55.8 Å². The zero-order valence-corrected chi connectivity index (χ0v) is 22.8. The van der Waals surface area contributed by atoms with Gasteiger partial charge in [-0.3, -0.25) is 4.79 Å². The molecule has 2 fully saturated rings. The molecule has 0 radical (unpaired) electrons. The van der Waals surface area contributed by atoms with Gasteiger partial charge in [0.2, 0.25) is 0 Å². The van der Waals surface area contributed by atoms with Crippen molar-refractivity contribution in [2.75, 3.05) is 7.11 Å². The van der Waals surface area contributed by atoms with Gasteiger partial charge in [0.15, 0.2) is 0 Å². The van der Waals surface area contributed by atoms with E-state index in [1.54, 1.807) is 19.2 Å². The summed E-state index contributed by atoms with van der Waals surface area (Å²) >= 11 is 0. The fourth-order valence-electron chi connectivity index (χ4n) is 6.04. The molecule has 0 bridgehead atoms. The lowest BCUT2D eigenvalue weighted by Crippen LogP contribution is -2.08. The Morgan fingerprint density at radius 2 is 1.72 bits per heavy atom. The molecule has 0 aromatic heterocycles. The molecule has 3 aromatic rings. The number of carboxylic acids is 1. The molecule has 0 amide bonds. The van der Waals surface area contributed by atoms with Crippen molar-refractivity contribution in [1.82, 2.24) is 0 Å². The summed E-state index contributed by atoms with van der Waals surface area (Å²) in [7, 11) is 1.61. The molecule has 206 valence electrons. The van der Waals surface area contributed by atoms with Gasteiger partial charge in [-0.2, -0.15) is 0 Å². The Balaban J connectivity index is 1.39. The van der Waals surface area contributed by atoms with Gasteiger partial charge in [-0.1, -0.05) is 68.9 Å². The maximum atomic E-state index is 15.0. The van der Waals surface area contributed by atoms with Crippen LogP contribution in [0.5, 0.6) is 11.5 Å². The number of carboxylic acid groups (broad SMARTS) is 1. The summed E-state index contributed by atoms with van der Waals surface area (Å²) in [5.74, 6) is 1.44. The van der Waals surface area contributed by atoms with Gasteiger partial charge >= 0.3 is 5.97 Å². The van der Waals surface area contributed by atoms with Crippen LogP contribution in [-0.4, -0.2) is 18.2 Å². The van der Waals surface area contributed by atoms with Crippen molar-refractivity contribution in [2.24, 2.45) is 5.92 Å². The molecule has 3 aromatic carbocycles. The van der Waals surface area contributed by atoms with Crippen LogP contribution in [0.15, 0.2) is 60.7 Å². The summed E-state index contributed by atoms with van der Waals surface area (Å²) in [5, 5.41) is 9.44. The second kappa shape index (κ2) is 12.7. The molecule has 2 saturated carbocycles. The fraction of sp³-hybridized carbons (Fsp3) is 0.441. The second-order valence-corrected chi connectivity index (χ2v) is 11.3. The molecule has 0 unspecified atom stereocenters.